The third-order valence-corrected chi connectivity index (χ3v) is 3.72. The minimum Gasteiger partial charge on any atom is -0.381 e. The number of rotatable bonds is 3. The first kappa shape index (κ1) is 11.7. The molecule has 0 bridgehead atoms. The third-order valence-electron chi connectivity index (χ3n) is 3.72. The molecule has 0 saturated heterocycles. The first-order valence-electron chi connectivity index (χ1n) is 6.40. The van der Waals surface area contributed by atoms with Crippen LogP contribution in [0.15, 0.2) is 4.99 Å². The zero-order chi connectivity index (χ0) is 11.4. The monoisotopic (exact) mass is 225 g/mol. The molecule has 92 valence electrons. The minimum absolute atomic E-state index is 0.400. The molecule has 3 N–H and O–H groups in total. The number of nitrogens with two attached hydrogens (primary N) is 1. The van der Waals surface area contributed by atoms with Crippen LogP contribution in [0.1, 0.15) is 44.9 Å². The van der Waals surface area contributed by atoms with E-state index >= 15 is 0 Å². The van der Waals surface area contributed by atoms with Crippen molar-refractivity contribution in [2.24, 2.45) is 10.7 Å². The lowest BCUT2D eigenvalue weighted by Crippen LogP contribution is -2.39. The highest BCUT2D eigenvalue weighted by Crippen LogP contribution is 2.22. The number of methoxy groups -OCH3 is 1. The van der Waals surface area contributed by atoms with Crippen molar-refractivity contribution >= 4 is 5.96 Å². The van der Waals surface area contributed by atoms with Crippen LogP contribution in [-0.2, 0) is 4.74 Å². The lowest BCUT2D eigenvalue weighted by molar-refractivity contribution is 0.107. The zero-order valence-corrected chi connectivity index (χ0v) is 10.1. The van der Waals surface area contributed by atoms with Crippen LogP contribution in [0, 0.1) is 0 Å². The highest BCUT2D eigenvalue weighted by molar-refractivity contribution is 5.78. The van der Waals surface area contributed by atoms with Gasteiger partial charge in [-0.2, -0.15) is 0 Å². The number of ether oxygens (including phenoxy) is 1. The maximum Gasteiger partial charge on any atom is 0.189 e. The van der Waals surface area contributed by atoms with Crippen LogP contribution < -0.4 is 11.1 Å². The largest absolute Gasteiger partial charge is 0.381 e. The Balaban J connectivity index is 1.76. The fraction of sp³-hybridized carbons (Fsp3) is 0.917. The van der Waals surface area contributed by atoms with Gasteiger partial charge in [0.15, 0.2) is 5.96 Å². The van der Waals surface area contributed by atoms with Crippen molar-refractivity contribution in [3.63, 3.8) is 0 Å². The van der Waals surface area contributed by atoms with Gasteiger partial charge in [0.25, 0.3) is 0 Å². The predicted octanol–water partition coefficient (Wildman–Crippen LogP) is 1.40. The van der Waals surface area contributed by atoms with E-state index in [1.54, 1.807) is 7.11 Å². The van der Waals surface area contributed by atoms with Gasteiger partial charge in [0, 0.05) is 13.2 Å². The molecule has 0 spiro atoms. The Morgan fingerprint density at radius 3 is 2.62 bits per heavy atom. The van der Waals surface area contributed by atoms with Crippen LogP contribution in [0.25, 0.3) is 0 Å². The second-order valence-electron chi connectivity index (χ2n) is 4.96. The molecule has 0 aromatic heterocycles. The molecule has 0 aromatic rings. The normalized spacial score (nSPS) is 32.2. The average Bonchev–Trinajstić information content (AvgIpc) is 2.89. The molecule has 2 rings (SSSR count). The van der Waals surface area contributed by atoms with Crippen molar-refractivity contribution in [2.45, 2.75) is 63.1 Å². The van der Waals surface area contributed by atoms with E-state index in [0.29, 0.717) is 24.1 Å². The van der Waals surface area contributed by atoms with Gasteiger partial charge in [-0.1, -0.05) is 12.8 Å². The first-order valence-corrected chi connectivity index (χ1v) is 6.40. The molecule has 0 aliphatic heterocycles. The number of hydrogen-bond donors (Lipinski definition) is 2. The molecular weight excluding hydrogens is 202 g/mol. The Morgan fingerprint density at radius 1 is 1.25 bits per heavy atom. The number of guanidine groups is 1. The molecule has 2 unspecified atom stereocenters. The molecule has 2 atom stereocenters. The molecule has 4 heteroatoms. The maximum atomic E-state index is 5.92. The average molecular weight is 225 g/mol. The van der Waals surface area contributed by atoms with Crippen molar-refractivity contribution in [3.8, 4) is 0 Å². The van der Waals surface area contributed by atoms with Gasteiger partial charge in [-0.05, 0) is 32.1 Å². The summed E-state index contributed by atoms with van der Waals surface area (Å²) in [5.41, 5.74) is 5.92. The fourth-order valence-electron chi connectivity index (χ4n) is 2.76. The molecule has 4 nitrogen and oxygen atoms in total. The summed E-state index contributed by atoms with van der Waals surface area (Å²) < 4.78 is 5.34. The van der Waals surface area contributed by atoms with Gasteiger partial charge in [-0.3, -0.25) is 4.99 Å². The molecule has 2 aliphatic rings. The van der Waals surface area contributed by atoms with E-state index in [9.17, 15) is 0 Å². The minimum atomic E-state index is 0.400. The Labute approximate surface area is 97.6 Å². The van der Waals surface area contributed by atoms with Gasteiger partial charge in [0.1, 0.15) is 0 Å². The molecule has 16 heavy (non-hydrogen) atoms. The van der Waals surface area contributed by atoms with Crippen LogP contribution in [0.2, 0.25) is 0 Å². The lowest BCUT2D eigenvalue weighted by Gasteiger charge is -2.14. The predicted molar refractivity (Wildman–Crippen MR) is 65.5 cm³/mol. The fourth-order valence-corrected chi connectivity index (χ4v) is 2.76. The molecule has 2 saturated carbocycles. The Bertz CT molecular complexity index is 249. The van der Waals surface area contributed by atoms with E-state index in [1.165, 1.54) is 25.7 Å². The van der Waals surface area contributed by atoms with Crippen LogP contribution in [0.3, 0.4) is 0 Å². The second kappa shape index (κ2) is 5.53. The van der Waals surface area contributed by atoms with Crippen molar-refractivity contribution in [1.29, 1.82) is 0 Å². The van der Waals surface area contributed by atoms with E-state index < -0.39 is 0 Å². The van der Waals surface area contributed by atoms with E-state index in [1.807, 2.05) is 0 Å². The summed E-state index contributed by atoms with van der Waals surface area (Å²) in [6, 6.07) is 0.919. The number of nitrogens with one attached hydrogen (secondary N) is 1. The molecule has 0 amide bonds. The summed E-state index contributed by atoms with van der Waals surface area (Å²) in [4.78, 5) is 4.53. The SMILES string of the molecule is COC1CCC(NC(N)=NC2CCCC2)C1. The number of aliphatic imine (C=N–C) groups is 1. The summed E-state index contributed by atoms with van der Waals surface area (Å²) in [5, 5.41) is 3.32. The van der Waals surface area contributed by atoms with Crippen molar-refractivity contribution in [1.82, 2.24) is 5.32 Å². The standard InChI is InChI=1S/C12H23N3O/c1-16-11-7-6-10(8-11)15-12(13)14-9-4-2-3-5-9/h9-11H,2-8H2,1H3,(H3,13,14,15). The van der Waals surface area contributed by atoms with Crippen molar-refractivity contribution in [3.05, 3.63) is 0 Å². The van der Waals surface area contributed by atoms with Crippen LogP contribution in [0.4, 0.5) is 0 Å². The number of nitrogens with zero attached hydrogens (tertiary/aromatic N) is 1. The Kier molecular flexibility index (Phi) is 4.04. The van der Waals surface area contributed by atoms with E-state index in [0.717, 1.165) is 19.3 Å². The van der Waals surface area contributed by atoms with Gasteiger partial charge in [-0.15, -0.1) is 0 Å². The molecule has 2 fully saturated rings. The topological polar surface area (TPSA) is 59.6 Å². The van der Waals surface area contributed by atoms with Gasteiger partial charge >= 0.3 is 0 Å². The smallest absolute Gasteiger partial charge is 0.189 e. The second-order valence-corrected chi connectivity index (χ2v) is 4.96. The first-order chi connectivity index (χ1) is 7.78. The van der Waals surface area contributed by atoms with Gasteiger partial charge < -0.3 is 15.8 Å². The molecular formula is C12H23N3O. The van der Waals surface area contributed by atoms with Crippen LogP contribution in [0.5, 0.6) is 0 Å². The Morgan fingerprint density at radius 2 is 2.00 bits per heavy atom. The summed E-state index contributed by atoms with van der Waals surface area (Å²) in [7, 11) is 1.78. The number of hydrogen-bond acceptors (Lipinski definition) is 2. The van der Waals surface area contributed by atoms with Crippen molar-refractivity contribution in [2.75, 3.05) is 7.11 Å². The van der Waals surface area contributed by atoms with E-state index in [4.69, 9.17) is 10.5 Å². The van der Waals surface area contributed by atoms with Crippen LogP contribution in [-0.4, -0.2) is 31.3 Å². The summed E-state index contributed by atoms with van der Waals surface area (Å²) in [5.74, 6) is 0.633. The zero-order valence-electron chi connectivity index (χ0n) is 10.1. The van der Waals surface area contributed by atoms with E-state index in [-0.39, 0.29) is 0 Å². The lowest BCUT2D eigenvalue weighted by atomic mass is 10.2. The van der Waals surface area contributed by atoms with Crippen molar-refractivity contribution < 1.29 is 4.74 Å². The van der Waals surface area contributed by atoms with Gasteiger partial charge in [0.2, 0.25) is 0 Å². The van der Waals surface area contributed by atoms with Gasteiger partial charge in [-0.25, -0.2) is 0 Å². The molecule has 2 aliphatic carbocycles. The summed E-state index contributed by atoms with van der Waals surface area (Å²) in [6.07, 6.45) is 8.73. The quantitative estimate of drug-likeness (QED) is 0.564. The molecule has 0 radical (unpaired) electrons. The summed E-state index contributed by atoms with van der Waals surface area (Å²) in [6.45, 7) is 0. The highest BCUT2D eigenvalue weighted by atomic mass is 16.5. The third kappa shape index (κ3) is 3.11. The van der Waals surface area contributed by atoms with Crippen LogP contribution >= 0.6 is 0 Å². The summed E-state index contributed by atoms with van der Waals surface area (Å²) >= 11 is 0. The van der Waals surface area contributed by atoms with Gasteiger partial charge in [0.05, 0.1) is 12.1 Å². The Hall–Kier alpha value is -0.770. The molecule has 0 heterocycles. The highest BCUT2D eigenvalue weighted by Gasteiger charge is 2.24. The van der Waals surface area contributed by atoms with E-state index in [2.05, 4.69) is 10.3 Å². The maximum absolute atomic E-state index is 5.92. The molecule has 0 aromatic carbocycles.